The Balaban J connectivity index is 0.00000127. The first-order valence-electron chi connectivity index (χ1n) is 7.68. The molecule has 0 saturated heterocycles. The van der Waals surface area contributed by atoms with E-state index in [4.69, 9.17) is 9.47 Å². The molecule has 0 aromatic carbocycles. The first-order valence-corrected chi connectivity index (χ1v) is 7.68. The van der Waals surface area contributed by atoms with Crippen molar-refractivity contribution in [2.45, 2.75) is 47.3 Å². The molecular formula is C14H24N6O3. The van der Waals surface area contributed by atoms with Gasteiger partial charge in [0.05, 0.1) is 12.8 Å². The van der Waals surface area contributed by atoms with Crippen LogP contribution in [-0.4, -0.2) is 42.7 Å². The Kier molecular flexibility index (Phi) is 7.17. The minimum absolute atomic E-state index is 0.250. The van der Waals surface area contributed by atoms with Gasteiger partial charge in [-0.3, -0.25) is 4.68 Å². The van der Waals surface area contributed by atoms with Crippen molar-refractivity contribution in [3.63, 3.8) is 0 Å². The number of nitrogens with zero attached hydrogens (tertiary/aromatic N) is 6. The van der Waals surface area contributed by atoms with Gasteiger partial charge in [-0.1, -0.05) is 20.8 Å². The molecule has 128 valence electrons. The van der Waals surface area contributed by atoms with E-state index in [1.807, 2.05) is 27.7 Å². The fourth-order valence-corrected chi connectivity index (χ4v) is 1.87. The lowest BCUT2D eigenvalue weighted by Gasteiger charge is -2.13. The number of rotatable bonds is 5. The Morgan fingerprint density at radius 2 is 2.04 bits per heavy atom. The fourth-order valence-electron chi connectivity index (χ4n) is 1.87. The first kappa shape index (κ1) is 18.6. The third-order valence-corrected chi connectivity index (χ3v) is 2.86. The molecule has 0 radical (unpaired) electrons. The van der Waals surface area contributed by atoms with Gasteiger partial charge in [-0.2, -0.15) is 5.10 Å². The Labute approximate surface area is 135 Å². The molecular weight excluding hydrogens is 300 g/mol. The summed E-state index contributed by atoms with van der Waals surface area (Å²) in [6.45, 7) is 9.72. The zero-order valence-corrected chi connectivity index (χ0v) is 14.5. The van der Waals surface area contributed by atoms with Crippen molar-refractivity contribution in [2.75, 3.05) is 6.61 Å². The molecule has 0 amide bonds. The van der Waals surface area contributed by atoms with Crippen molar-refractivity contribution >= 4 is 6.16 Å². The number of carbonyl (C=O) groups is 1. The van der Waals surface area contributed by atoms with Crippen molar-refractivity contribution in [2.24, 2.45) is 7.05 Å². The molecule has 1 unspecified atom stereocenters. The molecule has 0 saturated carbocycles. The van der Waals surface area contributed by atoms with E-state index in [1.54, 1.807) is 24.9 Å². The van der Waals surface area contributed by atoms with Gasteiger partial charge in [0.2, 0.25) is 12.1 Å². The van der Waals surface area contributed by atoms with E-state index in [-0.39, 0.29) is 6.61 Å². The quantitative estimate of drug-likeness (QED) is 0.779. The van der Waals surface area contributed by atoms with Crippen LogP contribution >= 0.6 is 0 Å². The summed E-state index contributed by atoms with van der Waals surface area (Å²) in [7, 11) is 1.80. The van der Waals surface area contributed by atoms with Crippen LogP contribution in [0.1, 0.15) is 45.9 Å². The van der Waals surface area contributed by atoms with Gasteiger partial charge in [0.25, 0.3) is 0 Å². The van der Waals surface area contributed by atoms with Crippen molar-refractivity contribution in [1.29, 1.82) is 0 Å². The number of carbonyl (C=O) groups excluding carboxylic acids is 1. The fraction of sp³-hybridized carbons (Fsp3) is 0.643. The minimum Gasteiger partial charge on any atom is -0.435 e. The predicted molar refractivity (Wildman–Crippen MR) is 83.5 cm³/mol. The standard InChI is InChI=1S/C12H18N6O3.C2H6/c1-5-9(21-12(19)20-6-2)18-15-11(14-16-18)10-8(3)7-13-17(10)4;1-2/h7,9H,5-6H2,1-4H3;1-2H3. The lowest BCUT2D eigenvalue weighted by Crippen LogP contribution is -2.20. The summed E-state index contributed by atoms with van der Waals surface area (Å²) in [6, 6.07) is 0. The monoisotopic (exact) mass is 324 g/mol. The summed E-state index contributed by atoms with van der Waals surface area (Å²) in [6.07, 6.45) is 0.820. The number of tetrazole rings is 1. The second-order valence-electron chi connectivity index (χ2n) is 4.40. The average Bonchev–Trinajstić information content (AvgIpc) is 3.14. The molecule has 0 N–H and O–H groups in total. The molecule has 0 spiro atoms. The van der Waals surface area contributed by atoms with E-state index in [9.17, 15) is 4.79 Å². The van der Waals surface area contributed by atoms with Crippen molar-refractivity contribution < 1.29 is 14.3 Å². The Morgan fingerprint density at radius 1 is 1.35 bits per heavy atom. The molecule has 9 nitrogen and oxygen atoms in total. The first-order chi connectivity index (χ1) is 11.1. The third kappa shape index (κ3) is 4.51. The molecule has 0 aliphatic heterocycles. The molecule has 2 heterocycles. The number of aromatic nitrogens is 6. The van der Waals surface area contributed by atoms with Gasteiger partial charge in [-0.15, -0.1) is 15.0 Å². The van der Waals surface area contributed by atoms with E-state index in [2.05, 4.69) is 20.5 Å². The highest BCUT2D eigenvalue weighted by molar-refractivity contribution is 5.59. The zero-order chi connectivity index (χ0) is 17.4. The lowest BCUT2D eigenvalue weighted by atomic mass is 10.3. The maximum Gasteiger partial charge on any atom is 0.510 e. The number of hydrogen-bond donors (Lipinski definition) is 0. The molecule has 23 heavy (non-hydrogen) atoms. The van der Waals surface area contributed by atoms with Gasteiger partial charge >= 0.3 is 6.16 Å². The molecule has 0 aliphatic carbocycles. The van der Waals surface area contributed by atoms with Crippen LogP contribution in [0.15, 0.2) is 6.20 Å². The van der Waals surface area contributed by atoms with Crippen LogP contribution in [-0.2, 0) is 16.5 Å². The average molecular weight is 324 g/mol. The highest BCUT2D eigenvalue weighted by Gasteiger charge is 2.20. The Bertz CT molecular complexity index is 602. The van der Waals surface area contributed by atoms with E-state index < -0.39 is 12.4 Å². The van der Waals surface area contributed by atoms with E-state index in [0.717, 1.165) is 11.3 Å². The van der Waals surface area contributed by atoms with Gasteiger partial charge in [0, 0.05) is 13.5 Å². The zero-order valence-electron chi connectivity index (χ0n) is 14.5. The third-order valence-electron chi connectivity index (χ3n) is 2.86. The summed E-state index contributed by atoms with van der Waals surface area (Å²) >= 11 is 0. The summed E-state index contributed by atoms with van der Waals surface area (Å²) in [5.74, 6) is 0.429. The summed E-state index contributed by atoms with van der Waals surface area (Å²) in [4.78, 5) is 12.6. The smallest absolute Gasteiger partial charge is 0.435 e. The van der Waals surface area contributed by atoms with E-state index in [1.165, 1.54) is 4.80 Å². The number of ether oxygens (including phenoxy) is 2. The molecule has 2 rings (SSSR count). The van der Waals surface area contributed by atoms with Crippen LogP contribution in [0.25, 0.3) is 11.5 Å². The molecule has 0 bridgehead atoms. The molecule has 0 fully saturated rings. The van der Waals surface area contributed by atoms with Crippen LogP contribution in [0.5, 0.6) is 0 Å². The molecule has 0 aliphatic rings. The maximum absolute atomic E-state index is 11.4. The Morgan fingerprint density at radius 3 is 2.57 bits per heavy atom. The summed E-state index contributed by atoms with van der Waals surface area (Å²) in [5, 5.41) is 16.3. The van der Waals surface area contributed by atoms with Crippen LogP contribution < -0.4 is 0 Å². The van der Waals surface area contributed by atoms with Gasteiger partial charge in [-0.25, -0.2) is 4.79 Å². The number of hydrogen-bond acceptors (Lipinski definition) is 7. The second kappa shape index (κ2) is 8.86. The van der Waals surface area contributed by atoms with Crippen LogP contribution in [0, 0.1) is 6.92 Å². The van der Waals surface area contributed by atoms with Gasteiger partial charge in [0.1, 0.15) is 5.69 Å². The normalized spacial score (nSPS) is 11.4. The summed E-state index contributed by atoms with van der Waals surface area (Å²) in [5.41, 5.74) is 1.71. The second-order valence-corrected chi connectivity index (χ2v) is 4.40. The van der Waals surface area contributed by atoms with Crippen molar-refractivity contribution in [1.82, 2.24) is 30.0 Å². The molecule has 9 heteroatoms. The topological polar surface area (TPSA) is 97.0 Å². The van der Waals surface area contributed by atoms with Crippen molar-refractivity contribution in [3.8, 4) is 11.5 Å². The maximum atomic E-state index is 11.4. The molecule has 2 aromatic rings. The van der Waals surface area contributed by atoms with Crippen LogP contribution in [0.3, 0.4) is 0 Å². The van der Waals surface area contributed by atoms with Gasteiger partial charge in [-0.05, 0) is 24.6 Å². The number of aryl methyl sites for hydroxylation is 2. The highest BCUT2D eigenvalue weighted by atomic mass is 16.7. The summed E-state index contributed by atoms with van der Waals surface area (Å²) < 4.78 is 11.6. The molecule has 2 aromatic heterocycles. The van der Waals surface area contributed by atoms with E-state index in [0.29, 0.717) is 12.2 Å². The Hall–Kier alpha value is -2.45. The molecule has 1 atom stereocenters. The van der Waals surface area contributed by atoms with E-state index >= 15 is 0 Å². The highest BCUT2D eigenvalue weighted by Crippen LogP contribution is 2.19. The SMILES string of the molecule is CC.CCOC(=O)OC(CC)n1nnc(-c2c(C)cnn2C)n1. The van der Waals surface area contributed by atoms with Crippen molar-refractivity contribution in [3.05, 3.63) is 11.8 Å². The predicted octanol–water partition coefficient (Wildman–Crippen LogP) is 2.49. The van der Waals surface area contributed by atoms with Gasteiger partial charge < -0.3 is 9.47 Å². The van der Waals surface area contributed by atoms with Gasteiger partial charge in [0.15, 0.2) is 0 Å². The van der Waals surface area contributed by atoms with Crippen LogP contribution in [0.4, 0.5) is 4.79 Å². The largest absolute Gasteiger partial charge is 0.510 e. The van der Waals surface area contributed by atoms with Crippen LogP contribution in [0.2, 0.25) is 0 Å². The lowest BCUT2D eigenvalue weighted by molar-refractivity contribution is -0.0158. The minimum atomic E-state index is -0.750.